The number of nitrogens with two attached hydrogens (primary N) is 1. The molecule has 2 heteroatoms. The maximum atomic E-state index is 5.54. The molecule has 0 fully saturated rings. The highest BCUT2D eigenvalue weighted by molar-refractivity contribution is 5.30. The molecule has 70 valence electrons. The van der Waals surface area contributed by atoms with E-state index in [-0.39, 0.29) is 0 Å². The number of nitrogens with one attached hydrogen (secondary N) is 1. The maximum Gasteiger partial charge on any atom is 0.0462 e. The minimum atomic E-state index is 0.360. The van der Waals surface area contributed by atoms with E-state index in [1.165, 1.54) is 30.4 Å². The average molecular weight is 176 g/mol. The van der Waals surface area contributed by atoms with Gasteiger partial charge in [0.25, 0.3) is 0 Å². The quantitative estimate of drug-likeness (QED) is 0.390. The average Bonchev–Trinajstić information content (AvgIpc) is 2.39. The van der Waals surface area contributed by atoms with Crippen LogP contribution in [0.5, 0.6) is 0 Å². The molecule has 0 saturated heterocycles. The molecule has 0 unspecified atom stereocenters. The largest absolute Gasteiger partial charge is 0.271 e. The van der Waals surface area contributed by atoms with Crippen LogP contribution in [0.15, 0.2) is 24.3 Å². The molecule has 1 aliphatic carbocycles. The van der Waals surface area contributed by atoms with E-state index in [0.29, 0.717) is 6.04 Å². The van der Waals surface area contributed by atoms with Gasteiger partial charge in [0, 0.05) is 6.04 Å². The summed E-state index contributed by atoms with van der Waals surface area (Å²) in [5, 5.41) is 0. The Morgan fingerprint density at radius 1 is 1.23 bits per heavy atom. The van der Waals surface area contributed by atoms with E-state index in [0.717, 1.165) is 6.42 Å². The first kappa shape index (κ1) is 8.73. The molecule has 1 aromatic rings. The van der Waals surface area contributed by atoms with Gasteiger partial charge in [0.1, 0.15) is 0 Å². The van der Waals surface area contributed by atoms with Gasteiger partial charge in [-0.3, -0.25) is 11.3 Å². The van der Waals surface area contributed by atoms with Gasteiger partial charge in [0.2, 0.25) is 0 Å². The predicted octanol–water partition coefficient (Wildman–Crippen LogP) is 1.92. The number of hydrogen-bond donors (Lipinski definition) is 2. The summed E-state index contributed by atoms with van der Waals surface area (Å²) < 4.78 is 0. The first-order valence-electron chi connectivity index (χ1n) is 4.96. The summed E-state index contributed by atoms with van der Waals surface area (Å²) in [5.41, 5.74) is 5.75. The Morgan fingerprint density at radius 2 is 2.08 bits per heavy atom. The molecule has 0 radical (unpaired) electrons. The molecule has 1 aromatic carbocycles. The number of hydrogen-bond acceptors (Lipinski definition) is 2. The van der Waals surface area contributed by atoms with Gasteiger partial charge in [0.15, 0.2) is 0 Å². The maximum absolute atomic E-state index is 5.54. The van der Waals surface area contributed by atoms with E-state index in [1.807, 2.05) is 0 Å². The molecule has 0 saturated carbocycles. The van der Waals surface area contributed by atoms with Crippen LogP contribution in [-0.4, -0.2) is 0 Å². The predicted molar refractivity (Wildman–Crippen MR) is 54.1 cm³/mol. The van der Waals surface area contributed by atoms with Crippen LogP contribution in [0.1, 0.15) is 36.4 Å². The number of fused-ring (bicyclic) bond motifs is 1. The third-order valence-electron chi connectivity index (χ3n) is 2.82. The summed E-state index contributed by atoms with van der Waals surface area (Å²) in [6.07, 6.45) is 4.92. The van der Waals surface area contributed by atoms with Crippen molar-refractivity contribution >= 4 is 0 Å². The molecule has 0 bridgehead atoms. The third-order valence-corrected chi connectivity index (χ3v) is 2.82. The van der Waals surface area contributed by atoms with Gasteiger partial charge < -0.3 is 0 Å². The zero-order chi connectivity index (χ0) is 9.10. The molecule has 3 N–H and O–H groups in total. The van der Waals surface area contributed by atoms with E-state index in [2.05, 4.69) is 29.7 Å². The first-order valence-corrected chi connectivity index (χ1v) is 4.96. The van der Waals surface area contributed by atoms with E-state index in [4.69, 9.17) is 5.84 Å². The second-order valence-electron chi connectivity index (χ2n) is 3.66. The van der Waals surface area contributed by atoms with Crippen LogP contribution in [0.4, 0.5) is 0 Å². The fourth-order valence-electron chi connectivity index (χ4n) is 2.09. The molecule has 0 spiro atoms. The molecule has 0 aliphatic heterocycles. The minimum absolute atomic E-state index is 0.360. The van der Waals surface area contributed by atoms with Crippen molar-refractivity contribution in [2.45, 2.75) is 31.7 Å². The lowest BCUT2D eigenvalue weighted by molar-refractivity contribution is 0.504. The van der Waals surface area contributed by atoms with Gasteiger partial charge >= 0.3 is 0 Å². The minimum Gasteiger partial charge on any atom is -0.271 e. The van der Waals surface area contributed by atoms with Crippen LogP contribution in [0.3, 0.4) is 0 Å². The van der Waals surface area contributed by atoms with Gasteiger partial charge in [-0.2, -0.15) is 0 Å². The zero-order valence-corrected chi connectivity index (χ0v) is 7.79. The van der Waals surface area contributed by atoms with Crippen molar-refractivity contribution in [3.05, 3.63) is 35.4 Å². The van der Waals surface area contributed by atoms with Crippen molar-refractivity contribution in [1.29, 1.82) is 0 Å². The van der Waals surface area contributed by atoms with Gasteiger partial charge in [-0.1, -0.05) is 30.7 Å². The molecule has 2 rings (SSSR count). The SMILES string of the molecule is NN[C@H]1CCCCc2ccccc21. The lowest BCUT2D eigenvalue weighted by atomic mass is 10.00. The Kier molecular flexibility index (Phi) is 2.62. The third kappa shape index (κ3) is 1.74. The van der Waals surface area contributed by atoms with Crippen molar-refractivity contribution in [2.24, 2.45) is 5.84 Å². The topological polar surface area (TPSA) is 38.0 Å². The van der Waals surface area contributed by atoms with Crippen LogP contribution in [0.2, 0.25) is 0 Å². The summed E-state index contributed by atoms with van der Waals surface area (Å²) in [6.45, 7) is 0. The van der Waals surface area contributed by atoms with Crippen LogP contribution < -0.4 is 11.3 Å². The molecule has 0 aromatic heterocycles. The van der Waals surface area contributed by atoms with Crippen molar-refractivity contribution < 1.29 is 0 Å². The molecule has 0 amide bonds. The van der Waals surface area contributed by atoms with Gasteiger partial charge in [-0.05, 0) is 30.4 Å². The van der Waals surface area contributed by atoms with Crippen LogP contribution >= 0.6 is 0 Å². The summed E-state index contributed by atoms with van der Waals surface area (Å²) in [6, 6.07) is 8.96. The zero-order valence-electron chi connectivity index (χ0n) is 7.79. The number of rotatable bonds is 1. The molecule has 2 nitrogen and oxygen atoms in total. The van der Waals surface area contributed by atoms with Crippen molar-refractivity contribution in [3.8, 4) is 0 Å². The molecule has 0 heterocycles. The van der Waals surface area contributed by atoms with Gasteiger partial charge in [0.05, 0.1) is 0 Å². The van der Waals surface area contributed by atoms with E-state index in [1.54, 1.807) is 0 Å². The van der Waals surface area contributed by atoms with Crippen molar-refractivity contribution in [2.75, 3.05) is 0 Å². The highest BCUT2D eigenvalue weighted by Crippen LogP contribution is 2.27. The lowest BCUT2D eigenvalue weighted by Crippen LogP contribution is -2.28. The normalized spacial score (nSPS) is 22.1. The molecule has 1 atom stereocenters. The molecular formula is C11H16N2. The van der Waals surface area contributed by atoms with Crippen molar-refractivity contribution in [3.63, 3.8) is 0 Å². The Morgan fingerprint density at radius 3 is 2.92 bits per heavy atom. The van der Waals surface area contributed by atoms with E-state index in [9.17, 15) is 0 Å². The fourth-order valence-corrected chi connectivity index (χ4v) is 2.09. The highest BCUT2D eigenvalue weighted by Gasteiger charge is 2.15. The van der Waals surface area contributed by atoms with Crippen LogP contribution in [0.25, 0.3) is 0 Å². The second kappa shape index (κ2) is 3.90. The molecule has 1 aliphatic rings. The monoisotopic (exact) mass is 176 g/mol. The second-order valence-corrected chi connectivity index (χ2v) is 3.66. The summed E-state index contributed by atoms with van der Waals surface area (Å²) in [7, 11) is 0. The van der Waals surface area contributed by atoms with E-state index >= 15 is 0 Å². The Balaban J connectivity index is 2.35. The smallest absolute Gasteiger partial charge is 0.0462 e. The van der Waals surface area contributed by atoms with Gasteiger partial charge in [-0.15, -0.1) is 0 Å². The number of aryl methyl sites for hydroxylation is 1. The van der Waals surface area contributed by atoms with Crippen LogP contribution in [-0.2, 0) is 6.42 Å². The Labute approximate surface area is 79.1 Å². The fraction of sp³-hybridized carbons (Fsp3) is 0.455. The number of benzene rings is 1. The highest BCUT2D eigenvalue weighted by atomic mass is 15.2. The molecular weight excluding hydrogens is 160 g/mol. The summed E-state index contributed by atoms with van der Waals surface area (Å²) >= 11 is 0. The summed E-state index contributed by atoms with van der Waals surface area (Å²) in [4.78, 5) is 0. The van der Waals surface area contributed by atoms with Crippen LogP contribution in [0, 0.1) is 0 Å². The Bertz CT molecular complexity index is 283. The molecule has 13 heavy (non-hydrogen) atoms. The summed E-state index contributed by atoms with van der Waals surface area (Å²) in [5.74, 6) is 5.54. The number of hydrazine groups is 1. The van der Waals surface area contributed by atoms with E-state index < -0.39 is 0 Å². The first-order chi connectivity index (χ1) is 6.42. The Hall–Kier alpha value is -0.860. The van der Waals surface area contributed by atoms with Crippen molar-refractivity contribution in [1.82, 2.24) is 5.43 Å². The lowest BCUT2D eigenvalue weighted by Gasteiger charge is -2.15. The van der Waals surface area contributed by atoms with Gasteiger partial charge in [-0.25, -0.2) is 0 Å². The standard InChI is InChI=1S/C11H16N2/c12-13-11-8-4-2-6-9-5-1-3-7-10(9)11/h1,3,5,7,11,13H,2,4,6,8,12H2/t11-/m0/s1.